The molecule has 126 valence electrons. The Labute approximate surface area is 148 Å². The van der Waals surface area contributed by atoms with Crippen LogP contribution < -0.4 is 5.32 Å². The summed E-state index contributed by atoms with van der Waals surface area (Å²) in [5.41, 5.74) is 1.05. The molecule has 25 heavy (non-hydrogen) atoms. The van der Waals surface area contributed by atoms with Crippen molar-refractivity contribution in [3.63, 3.8) is 0 Å². The van der Waals surface area contributed by atoms with E-state index in [0.717, 1.165) is 22.6 Å². The molecule has 0 saturated carbocycles. The summed E-state index contributed by atoms with van der Waals surface area (Å²) >= 11 is 1.40. The molecule has 3 aromatic carbocycles. The summed E-state index contributed by atoms with van der Waals surface area (Å²) < 4.78 is 26.4. The fourth-order valence-electron chi connectivity index (χ4n) is 2.32. The maximum atomic E-state index is 13.4. The molecule has 1 amide bonds. The number of nitrogens with one attached hydrogen (secondary N) is 1. The number of halogens is 2. The highest BCUT2D eigenvalue weighted by atomic mass is 32.2. The smallest absolute Gasteiger partial charge is 0.242 e. The van der Waals surface area contributed by atoms with Crippen LogP contribution in [0.4, 0.5) is 14.5 Å². The molecule has 0 saturated heterocycles. The molecule has 0 aromatic heterocycles. The Balaban J connectivity index is 1.85. The summed E-state index contributed by atoms with van der Waals surface area (Å²) in [6, 6.07) is 22.2. The van der Waals surface area contributed by atoms with E-state index in [-0.39, 0.29) is 11.6 Å². The predicted molar refractivity (Wildman–Crippen MR) is 96.5 cm³/mol. The second-order valence-electron chi connectivity index (χ2n) is 5.34. The quantitative estimate of drug-likeness (QED) is 0.618. The van der Waals surface area contributed by atoms with Gasteiger partial charge >= 0.3 is 0 Å². The van der Waals surface area contributed by atoms with E-state index >= 15 is 0 Å². The van der Waals surface area contributed by atoms with Gasteiger partial charge in [-0.05, 0) is 29.8 Å². The van der Waals surface area contributed by atoms with Gasteiger partial charge in [-0.25, -0.2) is 8.78 Å². The Hall–Kier alpha value is -2.66. The molecule has 3 rings (SSSR count). The van der Waals surface area contributed by atoms with Crippen molar-refractivity contribution in [3.05, 3.63) is 96.1 Å². The normalized spacial score (nSPS) is 11.8. The van der Waals surface area contributed by atoms with Gasteiger partial charge in [-0.15, -0.1) is 11.8 Å². The molecule has 0 fully saturated rings. The van der Waals surface area contributed by atoms with Crippen molar-refractivity contribution in [3.8, 4) is 0 Å². The molecule has 0 aliphatic heterocycles. The van der Waals surface area contributed by atoms with Gasteiger partial charge in [-0.3, -0.25) is 4.79 Å². The minimum atomic E-state index is -0.996. The fourth-order valence-corrected chi connectivity index (χ4v) is 3.36. The van der Waals surface area contributed by atoms with Gasteiger partial charge < -0.3 is 5.32 Å². The number of thioether (sulfide) groups is 1. The first-order chi connectivity index (χ1) is 12.1. The lowest BCUT2D eigenvalue weighted by Gasteiger charge is -2.17. The monoisotopic (exact) mass is 355 g/mol. The highest BCUT2D eigenvalue weighted by Gasteiger charge is 2.22. The summed E-state index contributed by atoms with van der Waals surface area (Å²) in [5, 5.41) is 2.15. The third-order valence-corrected chi connectivity index (χ3v) is 4.79. The van der Waals surface area contributed by atoms with E-state index < -0.39 is 16.9 Å². The molecule has 0 unspecified atom stereocenters. The number of hydrogen-bond acceptors (Lipinski definition) is 2. The maximum Gasteiger partial charge on any atom is 0.242 e. The van der Waals surface area contributed by atoms with Gasteiger partial charge in [-0.2, -0.15) is 0 Å². The van der Waals surface area contributed by atoms with Crippen LogP contribution in [-0.4, -0.2) is 5.91 Å². The van der Waals surface area contributed by atoms with Crippen LogP contribution in [0.15, 0.2) is 83.8 Å². The standard InChI is InChI=1S/C20H15F2NOS/c21-17-12-11-15(13-18(17)22)23-20(24)19(14-7-3-1-4-8-14)25-16-9-5-2-6-10-16/h1-13,19H,(H,23,24)/t19-/m1/s1. The predicted octanol–water partition coefficient (Wildman–Crippen LogP) is 5.44. The largest absolute Gasteiger partial charge is 0.325 e. The van der Waals surface area contributed by atoms with Crippen LogP contribution in [0.1, 0.15) is 10.8 Å². The van der Waals surface area contributed by atoms with Gasteiger partial charge in [0.05, 0.1) is 0 Å². The zero-order valence-electron chi connectivity index (χ0n) is 13.2. The first-order valence-electron chi connectivity index (χ1n) is 7.66. The van der Waals surface area contributed by atoms with E-state index in [1.807, 2.05) is 60.7 Å². The van der Waals surface area contributed by atoms with Gasteiger partial charge in [0.2, 0.25) is 5.91 Å². The number of carbonyl (C=O) groups excluding carboxylic acids is 1. The molecule has 5 heteroatoms. The topological polar surface area (TPSA) is 29.1 Å². The second kappa shape index (κ2) is 7.94. The Morgan fingerprint density at radius 3 is 2.12 bits per heavy atom. The molecule has 0 spiro atoms. The van der Waals surface area contributed by atoms with Crippen LogP contribution in [0, 0.1) is 11.6 Å². The van der Waals surface area contributed by atoms with E-state index in [4.69, 9.17) is 0 Å². The zero-order valence-corrected chi connectivity index (χ0v) is 14.0. The number of rotatable bonds is 5. The molecule has 0 heterocycles. The van der Waals surface area contributed by atoms with Crippen LogP contribution in [0.25, 0.3) is 0 Å². The molecule has 0 bridgehead atoms. The van der Waals surface area contributed by atoms with Crippen molar-refractivity contribution in [2.45, 2.75) is 10.1 Å². The number of anilines is 1. The van der Waals surface area contributed by atoms with Crippen molar-refractivity contribution in [1.82, 2.24) is 0 Å². The summed E-state index contributed by atoms with van der Waals surface area (Å²) in [5.74, 6) is -2.24. The third kappa shape index (κ3) is 4.45. The zero-order chi connectivity index (χ0) is 17.6. The Morgan fingerprint density at radius 1 is 0.840 bits per heavy atom. The van der Waals surface area contributed by atoms with E-state index in [1.165, 1.54) is 17.8 Å². The van der Waals surface area contributed by atoms with E-state index in [0.29, 0.717) is 0 Å². The van der Waals surface area contributed by atoms with Crippen LogP contribution >= 0.6 is 11.8 Å². The van der Waals surface area contributed by atoms with Crippen molar-refractivity contribution >= 4 is 23.4 Å². The second-order valence-corrected chi connectivity index (χ2v) is 6.52. The minimum Gasteiger partial charge on any atom is -0.325 e. The van der Waals surface area contributed by atoms with E-state index in [1.54, 1.807) is 0 Å². The molecular formula is C20H15F2NOS. The van der Waals surface area contributed by atoms with Crippen LogP contribution in [-0.2, 0) is 4.79 Å². The third-order valence-electron chi connectivity index (χ3n) is 3.52. The van der Waals surface area contributed by atoms with Crippen LogP contribution in [0.5, 0.6) is 0 Å². The fraction of sp³-hybridized carbons (Fsp3) is 0.0500. The highest BCUT2D eigenvalue weighted by molar-refractivity contribution is 8.00. The Bertz CT molecular complexity index is 856. The van der Waals surface area contributed by atoms with Crippen LogP contribution in [0.2, 0.25) is 0 Å². The summed E-state index contributed by atoms with van der Waals surface area (Å²) in [4.78, 5) is 13.7. The first-order valence-corrected chi connectivity index (χ1v) is 8.54. The minimum absolute atomic E-state index is 0.221. The number of benzene rings is 3. The molecular weight excluding hydrogens is 340 g/mol. The molecule has 0 aliphatic rings. The Kier molecular flexibility index (Phi) is 5.46. The van der Waals surface area contributed by atoms with E-state index in [2.05, 4.69) is 5.32 Å². The highest BCUT2D eigenvalue weighted by Crippen LogP contribution is 2.36. The van der Waals surface area contributed by atoms with Gasteiger partial charge in [0, 0.05) is 16.6 Å². The number of carbonyl (C=O) groups is 1. The molecule has 2 nitrogen and oxygen atoms in total. The lowest BCUT2D eigenvalue weighted by molar-refractivity contribution is -0.115. The summed E-state index contributed by atoms with van der Waals surface area (Å²) in [7, 11) is 0. The van der Waals surface area contributed by atoms with Gasteiger partial charge in [-0.1, -0.05) is 48.5 Å². The summed E-state index contributed by atoms with van der Waals surface area (Å²) in [6.07, 6.45) is 0. The SMILES string of the molecule is O=C(Nc1ccc(F)c(F)c1)[C@H](Sc1ccccc1)c1ccccc1. The number of hydrogen-bond donors (Lipinski definition) is 1. The first kappa shape index (κ1) is 17.2. The van der Waals surface area contributed by atoms with Crippen LogP contribution in [0.3, 0.4) is 0 Å². The molecule has 0 aliphatic carbocycles. The number of amides is 1. The van der Waals surface area contributed by atoms with Gasteiger partial charge in [0.25, 0.3) is 0 Å². The maximum absolute atomic E-state index is 13.4. The van der Waals surface area contributed by atoms with Crippen molar-refractivity contribution in [1.29, 1.82) is 0 Å². The molecule has 1 N–H and O–H groups in total. The lowest BCUT2D eigenvalue weighted by atomic mass is 10.1. The van der Waals surface area contributed by atoms with E-state index in [9.17, 15) is 13.6 Å². The lowest BCUT2D eigenvalue weighted by Crippen LogP contribution is -2.19. The van der Waals surface area contributed by atoms with Crippen molar-refractivity contribution < 1.29 is 13.6 Å². The van der Waals surface area contributed by atoms with Gasteiger partial charge in [0.1, 0.15) is 5.25 Å². The van der Waals surface area contributed by atoms with Crippen molar-refractivity contribution in [2.24, 2.45) is 0 Å². The Morgan fingerprint density at radius 2 is 1.48 bits per heavy atom. The molecule has 1 atom stereocenters. The molecule has 3 aromatic rings. The van der Waals surface area contributed by atoms with Crippen molar-refractivity contribution in [2.75, 3.05) is 5.32 Å². The average Bonchev–Trinajstić information content (AvgIpc) is 2.64. The molecule has 0 radical (unpaired) electrons. The average molecular weight is 355 g/mol. The van der Waals surface area contributed by atoms with Gasteiger partial charge in [0.15, 0.2) is 11.6 Å². The summed E-state index contributed by atoms with van der Waals surface area (Å²) in [6.45, 7) is 0.